The molecule has 5 heteroatoms. The Morgan fingerprint density at radius 2 is 2.06 bits per heavy atom. The highest BCUT2D eigenvalue weighted by molar-refractivity contribution is 5.79. The molecule has 0 spiro atoms. The quantitative estimate of drug-likeness (QED) is 0.527. The molecule has 6 N–H and O–H groups in total. The van der Waals surface area contributed by atoms with Gasteiger partial charge in [-0.25, -0.2) is 0 Å². The van der Waals surface area contributed by atoms with Crippen LogP contribution >= 0.6 is 0 Å². The fourth-order valence-electron chi connectivity index (χ4n) is 1.45. The van der Waals surface area contributed by atoms with Gasteiger partial charge in [0.15, 0.2) is 6.10 Å². The molecule has 0 aliphatic rings. The average molecular weight is 224 g/mol. The van der Waals surface area contributed by atoms with Gasteiger partial charge in [0.25, 0.3) is 0 Å². The van der Waals surface area contributed by atoms with Crippen LogP contribution in [0, 0.1) is 0 Å². The van der Waals surface area contributed by atoms with Crippen molar-refractivity contribution in [2.75, 3.05) is 5.73 Å². The Hall–Kier alpha value is -1.59. The SMILES string of the molecule is CCc1cc(C(O)C(O)C(N)=O)ccc1N. The summed E-state index contributed by atoms with van der Waals surface area (Å²) >= 11 is 0. The Morgan fingerprint density at radius 1 is 1.44 bits per heavy atom. The van der Waals surface area contributed by atoms with Crippen LogP contribution in [-0.4, -0.2) is 22.2 Å². The number of carbonyl (C=O) groups is 1. The van der Waals surface area contributed by atoms with Crippen molar-refractivity contribution < 1.29 is 15.0 Å². The minimum absolute atomic E-state index is 0.428. The van der Waals surface area contributed by atoms with E-state index in [4.69, 9.17) is 11.5 Å². The molecule has 0 aromatic heterocycles. The van der Waals surface area contributed by atoms with Crippen molar-refractivity contribution in [3.05, 3.63) is 29.3 Å². The second-order valence-corrected chi connectivity index (χ2v) is 3.60. The highest BCUT2D eigenvalue weighted by Crippen LogP contribution is 2.22. The number of nitrogens with two attached hydrogens (primary N) is 2. The van der Waals surface area contributed by atoms with Crippen LogP contribution in [0.3, 0.4) is 0 Å². The zero-order chi connectivity index (χ0) is 12.3. The summed E-state index contributed by atoms with van der Waals surface area (Å²) in [5.41, 5.74) is 12.5. The summed E-state index contributed by atoms with van der Waals surface area (Å²) in [6.07, 6.45) is -2.21. The molecule has 2 atom stereocenters. The Labute approximate surface area is 93.7 Å². The lowest BCUT2D eigenvalue weighted by atomic mass is 9.99. The molecule has 0 aliphatic carbocycles. The van der Waals surface area contributed by atoms with Gasteiger partial charge in [0.1, 0.15) is 6.10 Å². The highest BCUT2D eigenvalue weighted by atomic mass is 16.3. The molecule has 1 aromatic carbocycles. The van der Waals surface area contributed by atoms with Crippen molar-refractivity contribution in [3.8, 4) is 0 Å². The standard InChI is InChI=1S/C11H16N2O3/c1-2-6-5-7(3-4-8(6)12)9(14)10(15)11(13)16/h3-5,9-10,14-15H,2,12H2,1H3,(H2,13,16). The van der Waals surface area contributed by atoms with E-state index < -0.39 is 18.1 Å². The molecule has 16 heavy (non-hydrogen) atoms. The molecule has 0 aliphatic heterocycles. The number of amides is 1. The van der Waals surface area contributed by atoms with E-state index in [1.165, 1.54) is 0 Å². The number of aliphatic hydroxyl groups is 2. The summed E-state index contributed by atoms with van der Waals surface area (Å²) in [6, 6.07) is 4.85. The molecular weight excluding hydrogens is 208 g/mol. The van der Waals surface area contributed by atoms with Gasteiger partial charge in [-0.3, -0.25) is 4.79 Å². The van der Waals surface area contributed by atoms with Crippen molar-refractivity contribution in [1.82, 2.24) is 0 Å². The zero-order valence-electron chi connectivity index (χ0n) is 9.05. The average Bonchev–Trinajstić information content (AvgIpc) is 2.27. The molecule has 0 bridgehead atoms. The van der Waals surface area contributed by atoms with Crippen LogP contribution in [0.5, 0.6) is 0 Å². The Bertz CT molecular complexity index is 393. The lowest BCUT2D eigenvalue weighted by molar-refractivity contribution is -0.131. The van der Waals surface area contributed by atoms with Crippen LogP contribution in [0.4, 0.5) is 5.69 Å². The van der Waals surface area contributed by atoms with Crippen LogP contribution in [0.2, 0.25) is 0 Å². The van der Waals surface area contributed by atoms with Gasteiger partial charge in [-0.1, -0.05) is 19.1 Å². The fraction of sp³-hybridized carbons (Fsp3) is 0.364. The van der Waals surface area contributed by atoms with Gasteiger partial charge >= 0.3 is 0 Å². The minimum Gasteiger partial charge on any atom is -0.399 e. The highest BCUT2D eigenvalue weighted by Gasteiger charge is 2.23. The van der Waals surface area contributed by atoms with Gasteiger partial charge in [0.05, 0.1) is 0 Å². The van der Waals surface area contributed by atoms with E-state index in [1.807, 2.05) is 6.92 Å². The number of carbonyl (C=O) groups excluding carboxylic acids is 1. The number of primary amides is 1. The smallest absolute Gasteiger partial charge is 0.249 e. The number of nitrogen functional groups attached to an aromatic ring is 1. The second-order valence-electron chi connectivity index (χ2n) is 3.60. The third kappa shape index (κ3) is 2.50. The van der Waals surface area contributed by atoms with Gasteiger partial charge in [0, 0.05) is 5.69 Å². The van der Waals surface area contributed by atoms with Crippen molar-refractivity contribution in [2.24, 2.45) is 5.73 Å². The summed E-state index contributed by atoms with van der Waals surface area (Å²) in [5, 5.41) is 19.0. The van der Waals surface area contributed by atoms with E-state index in [0.29, 0.717) is 17.7 Å². The normalized spacial score (nSPS) is 14.4. The van der Waals surface area contributed by atoms with E-state index >= 15 is 0 Å². The minimum atomic E-state index is -1.60. The molecule has 0 radical (unpaired) electrons. The summed E-state index contributed by atoms with van der Waals surface area (Å²) in [7, 11) is 0. The van der Waals surface area contributed by atoms with Crippen LogP contribution in [0.1, 0.15) is 24.2 Å². The van der Waals surface area contributed by atoms with E-state index in [2.05, 4.69) is 0 Å². The van der Waals surface area contributed by atoms with E-state index in [1.54, 1.807) is 18.2 Å². The summed E-state index contributed by atoms with van der Waals surface area (Å²) in [6.45, 7) is 1.92. The molecule has 1 amide bonds. The lowest BCUT2D eigenvalue weighted by Gasteiger charge is -2.16. The third-order valence-electron chi connectivity index (χ3n) is 2.48. The Morgan fingerprint density at radius 3 is 2.56 bits per heavy atom. The van der Waals surface area contributed by atoms with Crippen LogP contribution < -0.4 is 11.5 Å². The van der Waals surface area contributed by atoms with Crippen LogP contribution in [0.25, 0.3) is 0 Å². The molecule has 2 unspecified atom stereocenters. The van der Waals surface area contributed by atoms with Gasteiger partial charge in [-0.15, -0.1) is 0 Å². The molecule has 0 heterocycles. The summed E-state index contributed by atoms with van der Waals surface area (Å²) < 4.78 is 0. The molecule has 88 valence electrons. The maximum Gasteiger partial charge on any atom is 0.249 e. The molecule has 1 aromatic rings. The summed E-state index contributed by atoms with van der Waals surface area (Å²) in [4.78, 5) is 10.7. The van der Waals surface area contributed by atoms with Gasteiger partial charge in [-0.2, -0.15) is 0 Å². The van der Waals surface area contributed by atoms with Crippen LogP contribution in [-0.2, 0) is 11.2 Å². The maximum absolute atomic E-state index is 10.7. The number of rotatable bonds is 4. The number of hydrogen-bond acceptors (Lipinski definition) is 4. The maximum atomic E-state index is 10.7. The lowest BCUT2D eigenvalue weighted by Crippen LogP contribution is -2.33. The van der Waals surface area contributed by atoms with Gasteiger partial charge < -0.3 is 21.7 Å². The first-order valence-electron chi connectivity index (χ1n) is 5.01. The number of hydrogen-bond donors (Lipinski definition) is 4. The topological polar surface area (TPSA) is 110 Å². The number of aliphatic hydroxyl groups excluding tert-OH is 2. The molecule has 1 rings (SSSR count). The first kappa shape index (κ1) is 12.5. The van der Waals surface area contributed by atoms with Crippen molar-refractivity contribution >= 4 is 11.6 Å². The number of anilines is 1. The first-order chi connectivity index (χ1) is 7.47. The van der Waals surface area contributed by atoms with Crippen LogP contribution in [0.15, 0.2) is 18.2 Å². The van der Waals surface area contributed by atoms with Gasteiger partial charge in [-0.05, 0) is 23.6 Å². The summed E-state index contributed by atoms with van der Waals surface area (Å²) in [5.74, 6) is -0.956. The van der Waals surface area contributed by atoms with E-state index in [-0.39, 0.29) is 0 Å². The zero-order valence-corrected chi connectivity index (χ0v) is 9.05. The Balaban J connectivity index is 3.00. The van der Waals surface area contributed by atoms with Gasteiger partial charge in [0.2, 0.25) is 5.91 Å². The molecule has 5 nitrogen and oxygen atoms in total. The van der Waals surface area contributed by atoms with E-state index in [0.717, 1.165) is 5.56 Å². The van der Waals surface area contributed by atoms with Crippen molar-refractivity contribution in [1.29, 1.82) is 0 Å². The fourth-order valence-corrected chi connectivity index (χ4v) is 1.45. The molecule has 0 saturated carbocycles. The number of aryl methyl sites for hydroxylation is 1. The van der Waals surface area contributed by atoms with E-state index in [9.17, 15) is 15.0 Å². The predicted octanol–water partition coefficient (Wildman–Crippen LogP) is -0.289. The van der Waals surface area contributed by atoms with Crippen molar-refractivity contribution in [2.45, 2.75) is 25.6 Å². The molecule has 0 fully saturated rings. The van der Waals surface area contributed by atoms with Crippen molar-refractivity contribution in [3.63, 3.8) is 0 Å². The monoisotopic (exact) mass is 224 g/mol. The molecular formula is C11H16N2O3. The second kappa shape index (κ2) is 4.96. The first-order valence-corrected chi connectivity index (χ1v) is 5.01. The largest absolute Gasteiger partial charge is 0.399 e. The predicted molar refractivity (Wildman–Crippen MR) is 60.4 cm³/mol. The molecule has 0 saturated heterocycles. The third-order valence-corrected chi connectivity index (χ3v) is 2.48. The Kier molecular flexibility index (Phi) is 3.87. The number of benzene rings is 1.